The number of thiophene rings is 1. The summed E-state index contributed by atoms with van der Waals surface area (Å²) in [5, 5.41) is 7.30. The molecule has 1 aliphatic carbocycles. The Hall–Kier alpha value is -2.74. The van der Waals surface area contributed by atoms with E-state index in [4.69, 9.17) is 4.74 Å². The monoisotopic (exact) mass is 390 g/mol. The van der Waals surface area contributed by atoms with Crippen LogP contribution in [-0.4, -0.2) is 24.4 Å². The zero-order valence-corrected chi connectivity index (χ0v) is 15.7. The first kappa shape index (κ1) is 19.0. The lowest BCUT2D eigenvalue weighted by Gasteiger charge is -2.10. The molecule has 0 radical (unpaired) electrons. The van der Waals surface area contributed by atoms with Gasteiger partial charge in [0, 0.05) is 12.6 Å². The van der Waals surface area contributed by atoms with Crippen LogP contribution in [0.4, 0.5) is 15.1 Å². The molecule has 1 saturated carbocycles. The van der Waals surface area contributed by atoms with Crippen molar-refractivity contribution in [3.8, 4) is 0 Å². The standard InChI is InChI=1S/C19H19FN2O4S/c1-3-26-19(25)16-14(11-4-5-11)9-27-18(16)22-17(24)13-8-12(21-10(2)23)6-7-15(13)20/h6-9,11H,3-5H2,1-2H3,(H,21,23)(H,22,24). The van der Waals surface area contributed by atoms with Gasteiger partial charge in [-0.05, 0) is 54.8 Å². The van der Waals surface area contributed by atoms with Crippen LogP contribution in [0, 0.1) is 5.82 Å². The van der Waals surface area contributed by atoms with E-state index in [0.29, 0.717) is 22.2 Å². The molecule has 0 spiro atoms. The Morgan fingerprint density at radius 1 is 1.26 bits per heavy atom. The highest BCUT2D eigenvalue weighted by Crippen LogP contribution is 2.46. The fourth-order valence-corrected chi connectivity index (χ4v) is 3.75. The molecule has 8 heteroatoms. The number of nitrogens with one attached hydrogen (secondary N) is 2. The lowest BCUT2D eigenvalue weighted by molar-refractivity contribution is -0.114. The van der Waals surface area contributed by atoms with E-state index in [1.165, 1.54) is 30.4 Å². The molecule has 1 heterocycles. The fourth-order valence-electron chi connectivity index (χ4n) is 2.72. The summed E-state index contributed by atoms with van der Waals surface area (Å²) in [6, 6.07) is 3.73. The summed E-state index contributed by atoms with van der Waals surface area (Å²) < 4.78 is 19.2. The molecule has 2 aromatic rings. The molecule has 1 fully saturated rings. The Morgan fingerprint density at radius 2 is 2.00 bits per heavy atom. The van der Waals surface area contributed by atoms with Gasteiger partial charge in [-0.1, -0.05) is 0 Å². The lowest BCUT2D eigenvalue weighted by Crippen LogP contribution is -2.17. The summed E-state index contributed by atoms with van der Waals surface area (Å²) in [5.74, 6) is -1.95. The highest BCUT2D eigenvalue weighted by molar-refractivity contribution is 7.15. The topological polar surface area (TPSA) is 84.5 Å². The van der Waals surface area contributed by atoms with Crippen molar-refractivity contribution < 1.29 is 23.5 Å². The van der Waals surface area contributed by atoms with Crippen molar-refractivity contribution in [2.45, 2.75) is 32.6 Å². The van der Waals surface area contributed by atoms with E-state index in [9.17, 15) is 18.8 Å². The van der Waals surface area contributed by atoms with Gasteiger partial charge in [-0.2, -0.15) is 0 Å². The number of hydrogen-bond acceptors (Lipinski definition) is 5. The maximum atomic E-state index is 14.1. The van der Waals surface area contributed by atoms with Crippen LogP contribution in [0.3, 0.4) is 0 Å². The van der Waals surface area contributed by atoms with E-state index in [1.807, 2.05) is 5.38 Å². The number of hydrogen-bond donors (Lipinski definition) is 2. The minimum absolute atomic E-state index is 0.222. The average Bonchev–Trinajstić information content (AvgIpc) is 3.37. The first-order valence-electron chi connectivity index (χ1n) is 8.57. The number of halogens is 1. The van der Waals surface area contributed by atoms with Gasteiger partial charge in [-0.3, -0.25) is 9.59 Å². The van der Waals surface area contributed by atoms with Crippen molar-refractivity contribution in [1.29, 1.82) is 0 Å². The smallest absolute Gasteiger partial charge is 0.341 e. The highest BCUT2D eigenvalue weighted by Gasteiger charge is 2.32. The maximum absolute atomic E-state index is 14.1. The Bertz CT molecular complexity index is 905. The zero-order chi connectivity index (χ0) is 19.6. The summed E-state index contributed by atoms with van der Waals surface area (Å²) in [5.41, 5.74) is 1.29. The number of carbonyl (C=O) groups is 3. The number of ether oxygens (including phenoxy) is 1. The molecule has 0 aliphatic heterocycles. The molecule has 6 nitrogen and oxygen atoms in total. The van der Waals surface area contributed by atoms with Gasteiger partial charge < -0.3 is 15.4 Å². The SMILES string of the molecule is CCOC(=O)c1c(C2CC2)csc1NC(=O)c1cc(NC(C)=O)ccc1F. The molecule has 1 aliphatic rings. The second-order valence-corrected chi connectivity index (χ2v) is 7.10. The number of rotatable bonds is 6. The van der Waals surface area contributed by atoms with Gasteiger partial charge >= 0.3 is 5.97 Å². The molecule has 1 aromatic carbocycles. The van der Waals surface area contributed by atoms with Crippen molar-refractivity contribution in [1.82, 2.24) is 0 Å². The normalized spacial score (nSPS) is 13.1. The van der Waals surface area contributed by atoms with Crippen LogP contribution in [-0.2, 0) is 9.53 Å². The Balaban J connectivity index is 1.88. The molecule has 0 unspecified atom stereocenters. The van der Waals surface area contributed by atoms with Gasteiger partial charge in [0.2, 0.25) is 5.91 Å². The number of anilines is 2. The Morgan fingerprint density at radius 3 is 2.63 bits per heavy atom. The van der Waals surface area contributed by atoms with Crippen molar-refractivity contribution >= 4 is 39.8 Å². The lowest BCUT2D eigenvalue weighted by atomic mass is 10.1. The quantitative estimate of drug-likeness (QED) is 0.726. The largest absolute Gasteiger partial charge is 0.462 e. The van der Waals surface area contributed by atoms with Crippen LogP contribution in [0.15, 0.2) is 23.6 Å². The van der Waals surface area contributed by atoms with Crippen molar-refractivity contribution in [3.63, 3.8) is 0 Å². The molecule has 3 rings (SSSR count). The number of carbonyl (C=O) groups excluding carboxylic acids is 3. The van der Waals surface area contributed by atoms with E-state index in [1.54, 1.807) is 6.92 Å². The first-order valence-corrected chi connectivity index (χ1v) is 9.45. The van der Waals surface area contributed by atoms with Crippen LogP contribution in [0.5, 0.6) is 0 Å². The summed E-state index contributed by atoms with van der Waals surface area (Å²) in [6.07, 6.45) is 1.98. The maximum Gasteiger partial charge on any atom is 0.341 e. The van der Waals surface area contributed by atoms with Crippen molar-refractivity contribution in [2.24, 2.45) is 0 Å². The van der Waals surface area contributed by atoms with Gasteiger partial charge in [-0.15, -0.1) is 11.3 Å². The predicted octanol–water partition coefficient (Wildman–Crippen LogP) is 4.15. The molecule has 2 amide bonds. The first-order chi connectivity index (χ1) is 12.9. The van der Waals surface area contributed by atoms with E-state index < -0.39 is 17.7 Å². The van der Waals surface area contributed by atoms with Gasteiger partial charge in [0.05, 0.1) is 17.7 Å². The summed E-state index contributed by atoms with van der Waals surface area (Å²) >= 11 is 1.22. The van der Waals surface area contributed by atoms with Crippen LogP contribution in [0.25, 0.3) is 0 Å². The molecular formula is C19H19FN2O4S. The second kappa shape index (κ2) is 7.87. The summed E-state index contributed by atoms with van der Waals surface area (Å²) in [7, 11) is 0. The van der Waals surface area contributed by atoms with Gasteiger partial charge in [0.15, 0.2) is 0 Å². The van der Waals surface area contributed by atoms with Gasteiger partial charge in [-0.25, -0.2) is 9.18 Å². The highest BCUT2D eigenvalue weighted by atomic mass is 32.1. The van der Waals surface area contributed by atoms with Crippen molar-refractivity contribution in [2.75, 3.05) is 17.2 Å². The molecule has 27 heavy (non-hydrogen) atoms. The molecule has 2 N–H and O–H groups in total. The molecule has 142 valence electrons. The molecule has 0 saturated heterocycles. The molecule has 0 bridgehead atoms. The number of amides is 2. The third kappa shape index (κ3) is 4.33. The fraction of sp³-hybridized carbons (Fsp3) is 0.316. The minimum Gasteiger partial charge on any atom is -0.462 e. The van der Waals surface area contributed by atoms with Crippen LogP contribution >= 0.6 is 11.3 Å². The Kier molecular flexibility index (Phi) is 5.55. The second-order valence-electron chi connectivity index (χ2n) is 6.22. The average molecular weight is 390 g/mol. The number of benzene rings is 1. The van der Waals surface area contributed by atoms with E-state index >= 15 is 0 Å². The van der Waals surface area contributed by atoms with Gasteiger partial charge in [0.25, 0.3) is 5.91 Å². The summed E-state index contributed by atoms with van der Waals surface area (Å²) in [4.78, 5) is 36.1. The van der Waals surface area contributed by atoms with E-state index in [2.05, 4.69) is 10.6 Å². The van der Waals surface area contributed by atoms with Crippen LogP contribution in [0.1, 0.15) is 58.9 Å². The third-order valence-electron chi connectivity index (χ3n) is 4.07. The van der Waals surface area contributed by atoms with Crippen LogP contribution < -0.4 is 10.6 Å². The van der Waals surface area contributed by atoms with Crippen LogP contribution in [0.2, 0.25) is 0 Å². The van der Waals surface area contributed by atoms with E-state index in [0.717, 1.165) is 24.5 Å². The number of esters is 1. The third-order valence-corrected chi connectivity index (χ3v) is 4.99. The molecular weight excluding hydrogens is 371 g/mol. The van der Waals surface area contributed by atoms with Gasteiger partial charge in [0.1, 0.15) is 10.8 Å². The van der Waals surface area contributed by atoms with E-state index in [-0.39, 0.29) is 18.1 Å². The molecule has 0 atom stereocenters. The minimum atomic E-state index is -0.724. The predicted molar refractivity (Wildman–Crippen MR) is 101 cm³/mol. The van der Waals surface area contributed by atoms with Crippen molar-refractivity contribution in [3.05, 3.63) is 46.1 Å². The summed E-state index contributed by atoms with van der Waals surface area (Å²) in [6.45, 7) is 3.25. The zero-order valence-electron chi connectivity index (χ0n) is 14.9. The molecule has 1 aromatic heterocycles. The Labute approximate surface area is 159 Å².